The molecule has 1 aromatic carbocycles. The van der Waals surface area contributed by atoms with Gasteiger partial charge in [0.2, 0.25) is 11.7 Å². The lowest BCUT2D eigenvalue weighted by Crippen LogP contribution is -2.27. The summed E-state index contributed by atoms with van der Waals surface area (Å²) in [6, 6.07) is 10.5. The molecule has 0 aliphatic carbocycles. The molecule has 0 aliphatic heterocycles. The molecular weight excluding hydrogens is 456 g/mol. The molecule has 0 saturated heterocycles. The highest BCUT2D eigenvalue weighted by Gasteiger charge is 2.21. The van der Waals surface area contributed by atoms with E-state index in [9.17, 15) is 9.59 Å². The second kappa shape index (κ2) is 8.87. The minimum Gasteiger partial charge on any atom is -0.497 e. The largest absolute Gasteiger partial charge is 0.497 e. The first kappa shape index (κ1) is 21.5. The predicted octanol–water partition coefficient (Wildman–Crippen LogP) is 3.53. The van der Waals surface area contributed by atoms with Crippen molar-refractivity contribution in [3.05, 3.63) is 71.0 Å². The zero-order valence-electron chi connectivity index (χ0n) is 18.2. The second-order valence-electron chi connectivity index (χ2n) is 7.35. The van der Waals surface area contributed by atoms with Crippen LogP contribution in [0.4, 0.5) is 5.69 Å². The van der Waals surface area contributed by atoms with E-state index in [2.05, 4.69) is 25.4 Å². The van der Waals surface area contributed by atoms with Crippen LogP contribution in [0.2, 0.25) is 0 Å². The molecule has 0 radical (unpaired) electrons. The third-order valence-corrected chi connectivity index (χ3v) is 6.33. The lowest BCUT2D eigenvalue weighted by Gasteiger charge is -2.08. The Balaban J connectivity index is 1.43. The van der Waals surface area contributed by atoms with Gasteiger partial charge >= 0.3 is 0 Å². The van der Waals surface area contributed by atoms with Crippen LogP contribution in [0.1, 0.15) is 5.56 Å². The highest BCUT2D eigenvalue weighted by molar-refractivity contribution is 7.22. The Kier molecular flexibility index (Phi) is 5.60. The van der Waals surface area contributed by atoms with Gasteiger partial charge in [-0.25, -0.2) is 4.98 Å². The van der Waals surface area contributed by atoms with E-state index in [4.69, 9.17) is 9.26 Å². The molecule has 0 fully saturated rings. The zero-order valence-corrected chi connectivity index (χ0v) is 19.0. The molecular formula is C23H18N6O4S. The SMILES string of the molecule is COc1cccc(NC(=O)Cn2cnc3sc(-c4nc(-c5ccncc5)no4)c(C)c3c2=O)c1. The Morgan fingerprint density at radius 2 is 2.06 bits per heavy atom. The van der Waals surface area contributed by atoms with Gasteiger partial charge in [0, 0.05) is 29.7 Å². The van der Waals surface area contributed by atoms with E-state index < -0.39 is 0 Å². The van der Waals surface area contributed by atoms with Crippen molar-refractivity contribution in [2.45, 2.75) is 13.5 Å². The number of thiophene rings is 1. The Morgan fingerprint density at radius 1 is 1.24 bits per heavy atom. The summed E-state index contributed by atoms with van der Waals surface area (Å²) in [4.78, 5) is 39.7. The van der Waals surface area contributed by atoms with E-state index in [-0.39, 0.29) is 18.0 Å². The first-order valence-corrected chi connectivity index (χ1v) is 11.0. The van der Waals surface area contributed by atoms with Gasteiger partial charge in [0.25, 0.3) is 11.4 Å². The van der Waals surface area contributed by atoms with E-state index in [0.717, 1.165) is 5.56 Å². The van der Waals surface area contributed by atoms with Crippen molar-refractivity contribution in [3.63, 3.8) is 0 Å². The number of rotatable bonds is 6. The molecule has 4 aromatic heterocycles. The minimum atomic E-state index is -0.358. The molecule has 0 aliphatic rings. The zero-order chi connectivity index (χ0) is 23.7. The normalized spacial score (nSPS) is 11.0. The standard InChI is InChI=1S/C23H18N6O4S/c1-13-18-22(34-19(13)21-27-20(28-33-21)14-6-8-24-9-7-14)25-12-29(23(18)31)11-17(30)26-15-4-3-5-16(10-15)32-2/h3-10,12H,11H2,1-2H3,(H,26,30). The minimum absolute atomic E-state index is 0.184. The smallest absolute Gasteiger partial charge is 0.268 e. The van der Waals surface area contributed by atoms with Gasteiger partial charge in [-0.1, -0.05) is 11.2 Å². The predicted molar refractivity (Wildman–Crippen MR) is 127 cm³/mol. The number of carbonyl (C=O) groups is 1. The molecule has 0 spiro atoms. The van der Waals surface area contributed by atoms with E-state index >= 15 is 0 Å². The molecule has 0 bridgehead atoms. The summed E-state index contributed by atoms with van der Waals surface area (Å²) >= 11 is 1.29. The summed E-state index contributed by atoms with van der Waals surface area (Å²) in [6.45, 7) is 1.62. The Hall–Kier alpha value is -4.38. The number of benzene rings is 1. The third kappa shape index (κ3) is 4.04. The van der Waals surface area contributed by atoms with Gasteiger partial charge < -0.3 is 14.6 Å². The van der Waals surface area contributed by atoms with Crippen molar-refractivity contribution in [3.8, 4) is 27.9 Å². The van der Waals surface area contributed by atoms with Gasteiger partial charge in [-0.2, -0.15) is 4.98 Å². The number of anilines is 1. The number of aryl methyl sites for hydroxylation is 1. The molecule has 4 heterocycles. The fourth-order valence-electron chi connectivity index (χ4n) is 3.47. The number of hydrogen-bond donors (Lipinski definition) is 1. The van der Waals surface area contributed by atoms with Crippen LogP contribution in [0, 0.1) is 6.92 Å². The van der Waals surface area contributed by atoms with Gasteiger partial charge in [0.15, 0.2) is 0 Å². The Bertz CT molecular complexity index is 1560. The van der Waals surface area contributed by atoms with E-state index in [1.807, 2.05) is 0 Å². The molecule has 5 rings (SSSR count). The molecule has 5 aromatic rings. The average molecular weight is 475 g/mol. The van der Waals surface area contributed by atoms with E-state index in [0.29, 0.717) is 43.8 Å². The number of aromatic nitrogens is 5. The summed E-state index contributed by atoms with van der Waals surface area (Å²) in [5.41, 5.74) is 1.69. The van der Waals surface area contributed by atoms with Gasteiger partial charge in [-0.3, -0.25) is 19.1 Å². The number of nitrogens with zero attached hydrogens (tertiary/aromatic N) is 5. The van der Waals surface area contributed by atoms with E-state index in [1.54, 1.807) is 62.8 Å². The lowest BCUT2D eigenvalue weighted by atomic mass is 10.2. The fourth-order valence-corrected chi connectivity index (χ4v) is 4.53. The van der Waals surface area contributed by atoms with Crippen LogP contribution in [0.5, 0.6) is 5.75 Å². The maximum Gasteiger partial charge on any atom is 0.268 e. The van der Waals surface area contributed by atoms with Gasteiger partial charge in [0.05, 0.1) is 23.7 Å². The molecule has 0 saturated carbocycles. The molecule has 1 N–H and O–H groups in total. The quantitative estimate of drug-likeness (QED) is 0.396. The van der Waals surface area contributed by atoms with Crippen molar-refractivity contribution >= 4 is 33.1 Å². The summed E-state index contributed by atoms with van der Waals surface area (Å²) < 4.78 is 11.9. The van der Waals surface area contributed by atoms with Crippen LogP contribution in [0.25, 0.3) is 32.4 Å². The van der Waals surface area contributed by atoms with Crippen LogP contribution in [-0.4, -0.2) is 37.7 Å². The van der Waals surface area contributed by atoms with Crippen LogP contribution in [0.3, 0.4) is 0 Å². The number of ether oxygens (including phenoxy) is 1. The summed E-state index contributed by atoms with van der Waals surface area (Å²) in [7, 11) is 1.55. The van der Waals surface area contributed by atoms with Crippen LogP contribution in [-0.2, 0) is 11.3 Å². The van der Waals surface area contributed by atoms with Crippen molar-refractivity contribution < 1.29 is 14.1 Å². The number of hydrogen-bond acceptors (Lipinski definition) is 9. The number of fused-ring (bicyclic) bond motifs is 1. The first-order valence-electron chi connectivity index (χ1n) is 10.2. The molecule has 11 heteroatoms. The van der Waals surface area contributed by atoms with Crippen LogP contribution in [0.15, 0.2) is 64.4 Å². The molecule has 34 heavy (non-hydrogen) atoms. The molecule has 10 nitrogen and oxygen atoms in total. The maximum atomic E-state index is 13.2. The molecule has 0 atom stereocenters. The summed E-state index contributed by atoms with van der Waals surface area (Å²) in [6.07, 6.45) is 4.66. The fraction of sp³-hybridized carbons (Fsp3) is 0.130. The van der Waals surface area contributed by atoms with Crippen molar-refractivity contribution in [2.75, 3.05) is 12.4 Å². The summed E-state index contributed by atoms with van der Waals surface area (Å²) in [5, 5.41) is 7.21. The highest BCUT2D eigenvalue weighted by atomic mass is 32.1. The van der Waals surface area contributed by atoms with Crippen LogP contribution >= 0.6 is 11.3 Å². The monoisotopic (exact) mass is 474 g/mol. The maximum absolute atomic E-state index is 13.2. The molecule has 0 unspecified atom stereocenters. The van der Waals surface area contributed by atoms with Gasteiger partial charge in [0.1, 0.15) is 17.1 Å². The summed E-state index contributed by atoms with van der Waals surface area (Å²) in [5.74, 6) is 0.985. The number of pyridine rings is 1. The Morgan fingerprint density at radius 3 is 2.85 bits per heavy atom. The third-order valence-electron chi connectivity index (χ3n) is 5.14. The molecule has 1 amide bonds. The lowest BCUT2D eigenvalue weighted by molar-refractivity contribution is -0.116. The van der Waals surface area contributed by atoms with Crippen molar-refractivity contribution in [2.24, 2.45) is 0 Å². The number of nitrogens with one attached hydrogen (secondary N) is 1. The Labute approximate surface area is 196 Å². The van der Waals surface area contributed by atoms with Crippen molar-refractivity contribution in [1.29, 1.82) is 0 Å². The van der Waals surface area contributed by atoms with E-state index in [1.165, 1.54) is 22.2 Å². The second-order valence-corrected chi connectivity index (χ2v) is 8.35. The van der Waals surface area contributed by atoms with Gasteiger partial charge in [-0.05, 0) is 36.8 Å². The first-order chi connectivity index (χ1) is 16.5. The average Bonchev–Trinajstić information content (AvgIpc) is 3.47. The highest BCUT2D eigenvalue weighted by Crippen LogP contribution is 2.35. The number of carbonyl (C=O) groups excluding carboxylic acids is 1. The van der Waals surface area contributed by atoms with Crippen LogP contribution < -0.4 is 15.6 Å². The van der Waals surface area contributed by atoms with Gasteiger partial charge in [-0.15, -0.1) is 11.3 Å². The van der Waals surface area contributed by atoms with Crippen molar-refractivity contribution in [1.82, 2.24) is 24.7 Å². The number of amides is 1. The topological polar surface area (TPSA) is 125 Å². The number of methoxy groups -OCH3 is 1. The molecule has 170 valence electrons.